The minimum absolute atomic E-state index is 0.0587. The van der Waals surface area contributed by atoms with Crippen LogP contribution in [0, 0.1) is 2.88 Å². The van der Waals surface area contributed by atoms with Crippen LogP contribution in [0.15, 0.2) is 11.4 Å². The molecule has 0 spiro atoms. The van der Waals surface area contributed by atoms with Crippen LogP contribution in [0.1, 0.15) is 30.1 Å². The third-order valence-electron chi connectivity index (χ3n) is 3.38. The predicted molar refractivity (Wildman–Crippen MR) is 88.6 cm³/mol. The Hall–Kier alpha value is -0.190. The number of hydrogen-bond acceptors (Lipinski definition) is 4. The number of nitrogens with zero attached hydrogens (tertiary/aromatic N) is 1. The van der Waals surface area contributed by atoms with E-state index in [-0.39, 0.29) is 17.7 Å². The maximum atomic E-state index is 12.0. The molecule has 0 atom stereocenters. The smallest absolute Gasteiger partial charge is 0.252 e. The number of amides is 1. The summed E-state index contributed by atoms with van der Waals surface area (Å²) in [5.41, 5.74) is 0.683. The highest BCUT2D eigenvalue weighted by Gasteiger charge is 2.27. The average Bonchev–Trinajstić information content (AvgIpc) is 2.86. The van der Waals surface area contributed by atoms with Crippen molar-refractivity contribution in [3.63, 3.8) is 0 Å². The average molecular weight is 428 g/mol. The lowest BCUT2D eigenvalue weighted by Crippen LogP contribution is -2.46. The first-order chi connectivity index (χ1) is 9.42. The summed E-state index contributed by atoms with van der Waals surface area (Å²) >= 11 is 3.73. The molecule has 0 bridgehead atoms. The van der Waals surface area contributed by atoms with E-state index in [1.165, 1.54) is 15.6 Å². The van der Waals surface area contributed by atoms with Crippen molar-refractivity contribution in [3.05, 3.63) is 19.9 Å². The molecular formula is C12H17IN2O3S2. The van der Waals surface area contributed by atoms with Gasteiger partial charge in [0.15, 0.2) is 0 Å². The zero-order chi connectivity index (χ0) is 14.8. The van der Waals surface area contributed by atoms with E-state index in [4.69, 9.17) is 0 Å². The number of thiophene rings is 1. The third kappa shape index (κ3) is 3.92. The lowest BCUT2D eigenvalue weighted by Gasteiger charge is -2.31. The standard InChI is InChI=1S/C12H17IN2O3S2/c1-2-20(17,18)15-5-3-10(4-6-15)14-12(16)9-7-11(13)19-8-9/h7-8,10H,2-6H2,1H3,(H,14,16). The minimum Gasteiger partial charge on any atom is -0.349 e. The van der Waals surface area contributed by atoms with Gasteiger partial charge in [0, 0.05) is 24.5 Å². The fourth-order valence-corrected chi connectivity index (χ4v) is 4.62. The van der Waals surface area contributed by atoms with Crippen LogP contribution in [0.2, 0.25) is 0 Å². The molecule has 0 unspecified atom stereocenters. The first-order valence-corrected chi connectivity index (χ1v) is 10.0. The molecule has 0 saturated carbocycles. The lowest BCUT2D eigenvalue weighted by atomic mass is 10.1. The van der Waals surface area contributed by atoms with Crippen molar-refractivity contribution < 1.29 is 13.2 Å². The Kier molecular flexibility index (Phi) is 5.43. The van der Waals surface area contributed by atoms with Crippen LogP contribution in [0.4, 0.5) is 0 Å². The van der Waals surface area contributed by atoms with Crippen molar-refractivity contribution in [1.82, 2.24) is 9.62 Å². The topological polar surface area (TPSA) is 66.5 Å². The number of halogens is 1. The molecule has 2 rings (SSSR count). The molecule has 0 radical (unpaired) electrons. The molecule has 0 aromatic carbocycles. The van der Waals surface area contributed by atoms with Crippen LogP contribution in [0.5, 0.6) is 0 Å². The molecule has 1 N–H and O–H groups in total. The maximum Gasteiger partial charge on any atom is 0.252 e. The highest BCUT2D eigenvalue weighted by atomic mass is 127. The van der Waals surface area contributed by atoms with Gasteiger partial charge < -0.3 is 5.32 Å². The Morgan fingerprint density at radius 3 is 2.65 bits per heavy atom. The molecule has 1 aromatic heterocycles. The summed E-state index contributed by atoms with van der Waals surface area (Å²) in [6.45, 7) is 2.63. The molecule has 112 valence electrons. The van der Waals surface area contributed by atoms with E-state index in [0.29, 0.717) is 31.5 Å². The molecule has 1 aliphatic heterocycles. The van der Waals surface area contributed by atoms with Crippen molar-refractivity contribution in [3.8, 4) is 0 Å². The van der Waals surface area contributed by atoms with Gasteiger partial charge in [-0.15, -0.1) is 11.3 Å². The van der Waals surface area contributed by atoms with E-state index in [2.05, 4.69) is 27.9 Å². The van der Waals surface area contributed by atoms with Crippen molar-refractivity contribution in [2.75, 3.05) is 18.8 Å². The van der Waals surface area contributed by atoms with Gasteiger partial charge in [-0.05, 0) is 48.4 Å². The molecule has 1 amide bonds. The number of nitrogens with one attached hydrogen (secondary N) is 1. The highest BCUT2D eigenvalue weighted by molar-refractivity contribution is 14.1. The summed E-state index contributed by atoms with van der Waals surface area (Å²) in [5.74, 6) is 0.0677. The number of hydrogen-bond donors (Lipinski definition) is 1. The predicted octanol–water partition coefficient (Wildman–Crippen LogP) is 1.90. The van der Waals surface area contributed by atoms with Gasteiger partial charge in [-0.3, -0.25) is 4.79 Å². The second-order valence-electron chi connectivity index (χ2n) is 4.69. The van der Waals surface area contributed by atoms with E-state index in [0.717, 1.165) is 2.88 Å². The van der Waals surface area contributed by atoms with Gasteiger partial charge in [-0.2, -0.15) is 0 Å². The van der Waals surface area contributed by atoms with E-state index in [1.54, 1.807) is 6.92 Å². The van der Waals surface area contributed by atoms with Gasteiger partial charge in [0.25, 0.3) is 5.91 Å². The van der Waals surface area contributed by atoms with Crippen LogP contribution in [0.3, 0.4) is 0 Å². The zero-order valence-electron chi connectivity index (χ0n) is 11.1. The van der Waals surface area contributed by atoms with E-state index < -0.39 is 10.0 Å². The molecular weight excluding hydrogens is 411 g/mol. The number of rotatable bonds is 4. The number of sulfonamides is 1. The lowest BCUT2D eigenvalue weighted by molar-refractivity contribution is 0.0924. The van der Waals surface area contributed by atoms with E-state index >= 15 is 0 Å². The minimum atomic E-state index is -3.10. The van der Waals surface area contributed by atoms with Crippen molar-refractivity contribution >= 4 is 49.9 Å². The molecule has 0 aliphatic carbocycles. The largest absolute Gasteiger partial charge is 0.349 e. The molecule has 1 aromatic rings. The van der Waals surface area contributed by atoms with Crippen molar-refractivity contribution in [2.45, 2.75) is 25.8 Å². The Morgan fingerprint density at radius 2 is 2.15 bits per heavy atom. The molecule has 5 nitrogen and oxygen atoms in total. The number of piperidine rings is 1. The fourth-order valence-electron chi connectivity index (χ4n) is 2.16. The first kappa shape index (κ1) is 16.2. The zero-order valence-corrected chi connectivity index (χ0v) is 14.9. The Labute approximate surface area is 136 Å². The van der Waals surface area contributed by atoms with Gasteiger partial charge in [-0.25, -0.2) is 12.7 Å². The summed E-state index contributed by atoms with van der Waals surface area (Å²) in [5, 5.41) is 4.82. The van der Waals surface area contributed by atoms with Crippen LogP contribution in [-0.2, 0) is 10.0 Å². The van der Waals surface area contributed by atoms with Crippen LogP contribution in [0.25, 0.3) is 0 Å². The van der Waals surface area contributed by atoms with Crippen molar-refractivity contribution in [1.29, 1.82) is 0 Å². The van der Waals surface area contributed by atoms with Crippen LogP contribution < -0.4 is 5.32 Å². The van der Waals surface area contributed by atoms with Gasteiger partial charge in [-0.1, -0.05) is 0 Å². The molecule has 1 fully saturated rings. The Morgan fingerprint density at radius 1 is 1.50 bits per heavy atom. The number of carbonyl (C=O) groups excluding carboxylic acids is 1. The molecule has 1 saturated heterocycles. The van der Waals surface area contributed by atoms with E-state index in [9.17, 15) is 13.2 Å². The normalized spacial score (nSPS) is 18.1. The van der Waals surface area contributed by atoms with Gasteiger partial charge in [0.1, 0.15) is 0 Å². The molecule has 8 heteroatoms. The SMILES string of the molecule is CCS(=O)(=O)N1CCC(NC(=O)c2csc(I)c2)CC1. The summed E-state index contributed by atoms with van der Waals surface area (Å²) < 4.78 is 26.1. The first-order valence-electron chi connectivity index (χ1n) is 6.45. The van der Waals surface area contributed by atoms with E-state index in [1.807, 2.05) is 11.4 Å². The Balaban J connectivity index is 1.87. The quantitative estimate of drug-likeness (QED) is 0.746. The summed E-state index contributed by atoms with van der Waals surface area (Å²) in [6, 6.07) is 1.92. The maximum absolute atomic E-state index is 12.0. The monoisotopic (exact) mass is 428 g/mol. The third-order valence-corrected chi connectivity index (χ3v) is 7.05. The summed E-state index contributed by atoms with van der Waals surface area (Å²) in [4.78, 5) is 12.0. The van der Waals surface area contributed by atoms with Gasteiger partial charge in [0.05, 0.1) is 14.2 Å². The van der Waals surface area contributed by atoms with Crippen molar-refractivity contribution in [2.24, 2.45) is 0 Å². The van der Waals surface area contributed by atoms with Gasteiger partial charge in [0.2, 0.25) is 10.0 Å². The highest BCUT2D eigenvalue weighted by Crippen LogP contribution is 2.18. The van der Waals surface area contributed by atoms with Crippen LogP contribution >= 0.6 is 33.9 Å². The number of carbonyl (C=O) groups is 1. The molecule has 20 heavy (non-hydrogen) atoms. The Bertz CT molecular complexity index is 577. The second-order valence-corrected chi connectivity index (χ2v) is 9.75. The second kappa shape index (κ2) is 6.71. The molecule has 1 aliphatic rings. The van der Waals surface area contributed by atoms with Crippen LogP contribution in [-0.4, -0.2) is 43.5 Å². The summed E-state index contributed by atoms with van der Waals surface area (Å²) in [6.07, 6.45) is 1.35. The van der Waals surface area contributed by atoms with Gasteiger partial charge >= 0.3 is 0 Å². The fraction of sp³-hybridized carbons (Fsp3) is 0.583. The molecule has 2 heterocycles. The summed E-state index contributed by atoms with van der Waals surface area (Å²) in [7, 11) is -3.10.